The first-order valence-corrected chi connectivity index (χ1v) is 5.14. The van der Waals surface area contributed by atoms with Crippen molar-refractivity contribution in [2.24, 2.45) is 11.0 Å². The number of amides is 1. The first kappa shape index (κ1) is 9.33. The van der Waals surface area contributed by atoms with Crippen molar-refractivity contribution in [3.63, 3.8) is 0 Å². The van der Waals surface area contributed by atoms with Crippen LogP contribution in [0.25, 0.3) is 0 Å². The van der Waals surface area contributed by atoms with Gasteiger partial charge in [-0.3, -0.25) is 9.80 Å². The SMILES string of the molecule is O=C1NCC2CN(c3ccc(F)cc3)N=C12. The highest BCUT2D eigenvalue weighted by Gasteiger charge is 2.37. The van der Waals surface area contributed by atoms with Gasteiger partial charge in [0.15, 0.2) is 0 Å². The molecule has 0 spiro atoms. The number of carbonyl (C=O) groups excluding carboxylic acids is 1. The molecule has 1 aromatic carbocycles. The molecule has 0 aliphatic carbocycles. The summed E-state index contributed by atoms with van der Waals surface area (Å²) in [6, 6.07) is 6.12. The van der Waals surface area contributed by atoms with E-state index in [1.165, 1.54) is 12.1 Å². The molecule has 1 atom stereocenters. The molecule has 82 valence electrons. The Labute approximate surface area is 91.7 Å². The second-order valence-electron chi connectivity index (χ2n) is 3.95. The van der Waals surface area contributed by atoms with Crippen molar-refractivity contribution in [2.75, 3.05) is 18.1 Å². The lowest BCUT2D eigenvalue weighted by molar-refractivity contribution is -0.113. The number of hydrogen-bond acceptors (Lipinski definition) is 3. The minimum absolute atomic E-state index is 0.0883. The summed E-state index contributed by atoms with van der Waals surface area (Å²) < 4.78 is 12.7. The Morgan fingerprint density at radius 3 is 2.81 bits per heavy atom. The van der Waals surface area contributed by atoms with Crippen LogP contribution in [0.5, 0.6) is 0 Å². The Morgan fingerprint density at radius 2 is 2.12 bits per heavy atom. The molecule has 1 saturated heterocycles. The van der Waals surface area contributed by atoms with Gasteiger partial charge >= 0.3 is 0 Å². The Morgan fingerprint density at radius 1 is 1.38 bits per heavy atom. The molecule has 1 N–H and O–H groups in total. The van der Waals surface area contributed by atoms with E-state index in [9.17, 15) is 9.18 Å². The number of hydrazone groups is 1. The van der Waals surface area contributed by atoms with Crippen molar-refractivity contribution in [3.05, 3.63) is 30.1 Å². The molecule has 2 aliphatic heterocycles. The third-order valence-corrected chi connectivity index (χ3v) is 2.87. The van der Waals surface area contributed by atoms with Gasteiger partial charge in [-0.15, -0.1) is 0 Å². The van der Waals surface area contributed by atoms with Crippen LogP contribution in [0.1, 0.15) is 0 Å². The van der Waals surface area contributed by atoms with E-state index in [0.29, 0.717) is 18.8 Å². The molecule has 0 aromatic heterocycles. The lowest BCUT2D eigenvalue weighted by Crippen LogP contribution is -2.22. The molecule has 16 heavy (non-hydrogen) atoms. The second kappa shape index (κ2) is 3.30. The van der Waals surface area contributed by atoms with Gasteiger partial charge in [-0.2, -0.15) is 5.10 Å². The highest BCUT2D eigenvalue weighted by Crippen LogP contribution is 2.24. The second-order valence-corrected chi connectivity index (χ2v) is 3.95. The van der Waals surface area contributed by atoms with Gasteiger partial charge in [-0.25, -0.2) is 4.39 Å². The van der Waals surface area contributed by atoms with Crippen LogP contribution in [0.15, 0.2) is 29.4 Å². The summed E-state index contributed by atoms with van der Waals surface area (Å²) in [5.74, 6) is -0.194. The number of anilines is 1. The molecule has 0 radical (unpaired) electrons. The van der Waals surface area contributed by atoms with E-state index in [0.717, 1.165) is 5.69 Å². The smallest absolute Gasteiger partial charge is 0.267 e. The van der Waals surface area contributed by atoms with E-state index in [1.807, 2.05) is 0 Å². The van der Waals surface area contributed by atoms with Gasteiger partial charge in [-0.05, 0) is 24.3 Å². The number of fused-ring (bicyclic) bond motifs is 1. The average Bonchev–Trinajstić information content (AvgIpc) is 2.83. The number of carbonyl (C=O) groups is 1. The van der Waals surface area contributed by atoms with E-state index in [2.05, 4.69) is 10.4 Å². The standard InChI is InChI=1S/C11H10FN3O/c12-8-1-3-9(4-2-8)15-6-7-5-13-11(16)10(7)14-15/h1-4,7H,5-6H2,(H,13,16). The lowest BCUT2D eigenvalue weighted by Gasteiger charge is -2.15. The van der Waals surface area contributed by atoms with E-state index < -0.39 is 0 Å². The normalized spacial score (nSPS) is 23.1. The Hall–Kier alpha value is -1.91. The van der Waals surface area contributed by atoms with Crippen LogP contribution in [0.4, 0.5) is 10.1 Å². The quantitative estimate of drug-likeness (QED) is 0.757. The Bertz CT molecular complexity index is 469. The number of halogens is 1. The van der Waals surface area contributed by atoms with Gasteiger partial charge in [-0.1, -0.05) is 0 Å². The van der Waals surface area contributed by atoms with Gasteiger partial charge in [0.2, 0.25) is 0 Å². The zero-order valence-corrected chi connectivity index (χ0v) is 8.48. The summed E-state index contributed by atoms with van der Waals surface area (Å²) in [6.45, 7) is 1.33. The molecule has 2 aliphatic rings. The molecule has 1 unspecified atom stereocenters. The topological polar surface area (TPSA) is 44.7 Å². The molecular formula is C11H10FN3O. The number of hydrogen-bond donors (Lipinski definition) is 1. The molecule has 1 fully saturated rings. The molecular weight excluding hydrogens is 209 g/mol. The third-order valence-electron chi connectivity index (χ3n) is 2.87. The van der Waals surface area contributed by atoms with E-state index in [1.54, 1.807) is 17.1 Å². The van der Waals surface area contributed by atoms with Crippen molar-refractivity contribution in [1.82, 2.24) is 5.32 Å². The van der Waals surface area contributed by atoms with Crippen LogP contribution >= 0.6 is 0 Å². The number of benzene rings is 1. The van der Waals surface area contributed by atoms with Crippen LogP contribution in [-0.4, -0.2) is 24.7 Å². The average molecular weight is 219 g/mol. The van der Waals surface area contributed by atoms with Crippen molar-refractivity contribution in [3.8, 4) is 0 Å². The number of nitrogens with one attached hydrogen (secondary N) is 1. The predicted molar refractivity (Wildman–Crippen MR) is 57.7 cm³/mol. The molecule has 1 aromatic rings. The minimum Gasteiger partial charge on any atom is -0.350 e. The summed E-state index contributed by atoms with van der Waals surface area (Å²) in [6.07, 6.45) is 0. The van der Waals surface area contributed by atoms with Crippen LogP contribution in [0.3, 0.4) is 0 Å². The fourth-order valence-corrected chi connectivity index (χ4v) is 2.02. The summed E-state index contributed by atoms with van der Waals surface area (Å²) in [5, 5.41) is 8.74. The van der Waals surface area contributed by atoms with Crippen LogP contribution in [0, 0.1) is 11.7 Å². The maximum absolute atomic E-state index is 12.7. The van der Waals surface area contributed by atoms with Gasteiger partial charge in [0.25, 0.3) is 5.91 Å². The van der Waals surface area contributed by atoms with Gasteiger partial charge < -0.3 is 5.32 Å². The first-order chi connectivity index (χ1) is 7.74. The van der Waals surface area contributed by atoms with Crippen molar-refractivity contribution < 1.29 is 9.18 Å². The van der Waals surface area contributed by atoms with Crippen molar-refractivity contribution in [2.45, 2.75) is 0 Å². The maximum atomic E-state index is 12.7. The summed E-state index contributed by atoms with van der Waals surface area (Å²) in [7, 11) is 0. The van der Waals surface area contributed by atoms with Crippen LogP contribution < -0.4 is 10.3 Å². The van der Waals surface area contributed by atoms with Gasteiger partial charge in [0, 0.05) is 12.5 Å². The largest absolute Gasteiger partial charge is 0.350 e. The lowest BCUT2D eigenvalue weighted by atomic mass is 10.1. The summed E-state index contributed by atoms with van der Waals surface area (Å²) in [4.78, 5) is 11.4. The van der Waals surface area contributed by atoms with Crippen LogP contribution in [-0.2, 0) is 4.79 Å². The monoisotopic (exact) mass is 219 g/mol. The summed E-state index contributed by atoms with van der Waals surface area (Å²) in [5.41, 5.74) is 1.40. The Balaban J connectivity index is 1.89. The third kappa shape index (κ3) is 1.36. The molecule has 2 heterocycles. The number of rotatable bonds is 1. The van der Waals surface area contributed by atoms with E-state index in [4.69, 9.17) is 0 Å². The first-order valence-electron chi connectivity index (χ1n) is 5.14. The zero-order chi connectivity index (χ0) is 11.1. The molecule has 3 rings (SSSR count). The minimum atomic E-state index is -0.270. The van der Waals surface area contributed by atoms with Crippen molar-refractivity contribution >= 4 is 17.3 Å². The fourth-order valence-electron chi connectivity index (χ4n) is 2.02. The molecule has 1 amide bonds. The Kier molecular flexibility index (Phi) is 1.92. The summed E-state index contributed by atoms with van der Waals surface area (Å²) >= 11 is 0. The van der Waals surface area contributed by atoms with Crippen molar-refractivity contribution in [1.29, 1.82) is 0 Å². The van der Waals surface area contributed by atoms with E-state index in [-0.39, 0.29) is 17.6 Å². The van der Waals surface area contributed by atoms with Gasteiger partial charge in [0.05, 0.1) is 12.2 Å². The highest BCUT2D eigenvalue weighted by atomic mass is 19.1. The molecule has 4 nitrogen and oxygen atoms in total. The predicted octanol–water partition coefficient (Wildman–Crippen LogP) is 0.748. The molecule has 0 saturated carbocycles. The van der Waals surface area contributed by atoms with Crippen LogP contribution in [0.2, 0.25) is 0 Å². The number of nitrogens with zero attached hydrogens (tertiary/aromatic N) is 2. The maximum Gasteiger partial charge on any atom is 0.267 e. The van der Waals surface area contributed by atoms with E-state index >= 15 is 0 Å². The highest BCUT2D eigenvalue weighted by molar-refractivity contribution is 6.42. The fraction of sp³-hybridized carbons (Fsp3) is 0.273. The molecule has 0 bridgehead atoms. The zero-order valence-electron chi connectivity index (χ0n) is 8.48. The molecule has 5 heteroatoms. The van der Waals surface area contributed by atoms with Gasteiger partial charge in [0.1, 0.15) is 11.5 Å².